The summed E-state index contributed by atoms with van der Waals surface area (Å²) in [4.78, 5) is 13.2. The smallest absolute Gasteiger partial charge is 0.273 e. The van der Waals surface area contributed by atoms with Crippen LogP contribution in [0.5, 0.6) is 11.5 Å². The van der Waals surface area contributed by atoms with Gasteiger partial charge in [0.1, 0.15) is 23.9 Å². The average molecular weight is 766 g/mol. The summed E-state index contributed by atoms with van der Waals surface area (Å²) >= 11 is 0. The summed E-state index contributed by atoms with van der Waals surface area (Å²) in [6, 6.07) is 21.3. The first-order chi connectivity index (χ1) is 25.6. The Kier molecular flexibility index (Phi) is 11.5. The van der Waals surface area contributed by atoms with Crippen LogP contribution < -0.4 is 15.1 Å². The Labute approximate surface area is 321 Å². The van der Waals surface area contributed by atoms with Gasteiger partial charge in [-0.1, -0.05) is 43.9 Å². The first-order valence-electron chi connectivity index (χ1n) is 18.7. The molecule has 1 N–H and O–H groups in total. The lowest BCUT2D eigenvalue weighted by molar-refractivity contribution is 0.101. The van der Waals surface area contributed by atoms with Crippen molar-refractivity contribution < 1.29 is 19.0 Å². The van der Waals surface area contributed by atoms with Crippen LogP contribution in [0.2, 0.25) is 45.3 Å². The molecule has 54 heavy (non-hydrogen) atoms. The van der Waals surface area contributed by atoms with E-state index in [0.717, 1.165) is 58.3 Å². The Morgan fingerprint density at radius 3 is 2.43 bits per heavy atom. The molecular weight excluding hydrogens is 711 g/mol. The predicted molar refractivity (Wildman–Crippen MR) is 223 cm³/mol. The molecule has 1 amide bonds. The van der Waals surface area contributed by atoms with Crippen LogP contribution >= 0.6 is 0 Å². The number of carbonyl (C=O) groups is 1. The van der Waals surface area contributed by atoms with Gasteiger partial charge in [0.05, 0.1) is 35.7 Å². The fourth-order valence-electron chi connectivity index (χ4n) is 6.55. The van der Waals surface area contributed by atoms with Gasteiger partial charge < -0.3 is 19.5 Å². The summed E-state index contributed by atoms with van der Waals surface area (Å²) in [6.07, 6.45) is 4.25. The van der Waals surface area contributed by atoms with E-state index < -0.39 is 16.3 Å². The lowest BCUT2D eigenvalue weighted by atomic mass is 10.1. The monoisotopic (exact) mass is 765 g/mol. The zero-order valence-corrected chi connectivity index (χ0v) is 35.5. The molecule has 1 aliphatic rings. The Bertz CT molecular complexity index is 2160. The third kappa shape index (κ3) is 8.97. The van der Waals surface area contributed by atoms with Gasteiger partial charge in [0.25, 0.3) is 5.91 Å². The van der Waals surface area contributed by atoms with Crippen LogP contribution in [0.25, 0.3) is 17.0 Å². The SMILES string of the molecule is CCOCc1cc(Oc2ccc(C)c(NC(=O)c3cc(C)nn3C)c2)cc2c1c(/C=C/N1Cc3ccccc3N1COCC[Si](C)(C)C)nn2[Si](C)(C)C. The highest BCUT2D eigenvalue weighted by Gasteiger charge is 2.27. The minimum atomic E-state index is -2.00. The van der Waals surface area contributed by atoms with E-state index in [0.29, 0.717) is 42.8 Å². The van der Waals surface area contributed by atoms with E-state index in [2.05, 4.69) is 107 Å². The van der Waals surface area contributed by atoms with Crippen molar-refractivity contribution in [2.75, 3.05) is 30.3 Å². The lowest BCUT2D eigenvalue weighted by Crippen LogP contribution is -2.36. The summed E-state index contributed by atoms with van der Waals surface area (Å²) < 4.78 is 22.6. The number of aromatic nitrogens is 4. The second kappa shape index (κ2) is 16.0. The molecule has 3 heterocycles. The number of hydrogen-bond acceptors (Lipinski definition) is 8. The van der Waals surface area contributed by atoms with Crippen LogP contribution in [-0.2, 0) is 29.7 Å². The van der Waals surface area contributed by atoms with E-state index in [1.807, 2.05) is 45.0 Å². The van der Waals surface area contributed by atoms with Crippen molar-refractivity contribution >= 4 is 50.6 Å². The quantitative estimate of drug-likeness (QED) is 0.0833. The number of benzene rings is 3. The Morgan fingerprint density at radius 1 is 0.944 bits per heavy atom. The molecule has 13 heteroatoms. The second-order valence-corrected chi connectivity index (χ2v) is 26.6. The van der Waals surface area contributed by atoms with Crippen molar-refractivity contribution in [3.05, 3.63) is 101 Å². The molecule has 0 unspecified atom stereocenters. The van der Waals surface area contributed by atoms with Gasteiger partial charge >= 0.3 is 0 Å². The summed E-state index contributed by atoms with van der Waals surface area (Å²) in [5.41, 5.74) is 8.18. The van der Waals surface area contributed by atoms with Crippen LogP contribution in [0.15, 0.2) is 66.9 Å². The summed E-state index contributed by atoms with van der Waals surface area (Å²) in [5, 5.41) is 18.1. The van der Waals surface area contributed by atoms with Crippen molar-refractivity contribution in [1.82, 2.24) is 24.2 Å². The molecule has 6 rings (SSSR count). The zero-order chi connectivity index (χ0) is 38.8. The molecule has 0 saturated carbocycles. The van der Waals surface area contributed by atoms with Crippen LogP contribution in [0.4, 0.5) is 11.4 Å². The number of fused-ring (bicyclic) bond motifs is 2. The van der Waals surface area contributed by atoms with Crippen LogP contribution in [-0.4, -0.2) is 66.4 Å². The predicted octanol–water partition coefficient (Wildman–Crippen LogP) is 9.17. The van der Waals surface area contributed by atoms with E-state index in [9.17, 15) is 4.79 Å². The number of para-hydroxylation sites is 1. The molecule has 286 valence electrons. The molecule has 0 radical (unpaired) electrons. The maximum absolute atomic E-state index is 13.2. The van der Waals surface area contributed by atoms with Crippen LogP contribution in [0.3, 0.4) is 0 Å². The number of amides is 1. The molecule has 0 saturated heterocycles. The van der Waals surface area contributed by atoms with Gasteiger partial charge in [-0.05, 0) is 93.5 Å². The maximum atomic E-state index is 13.2. The number of hydrogen-bond donors (Lipinski definition) is 1. The highest BCUT2D eigenvalue weighted by Crippen LogP contribution is 2.36. The molecule has 1 aliphatic heterocycles. The molecule has 5 aromatic rings. The number of hydrazine groups is 1. The van der Waals surface area contributed by atoms with Gasteiger partial charge in [-0.2, -0.15) is 10.2 Å². The van der Waals surface area contributed by atoms with Gasteiger partial charge in [-0.3, -0.25) is 23.8 Å². The van der Waals surface area contributed by atoms with E-state index in [-0.39, 0.29) is 5.91 Å². The second-order valence-electron chi connectivity index (χ2n) is 16.2. The van der Waals surface area contributed by atoms with Crippen molar-refractivity contribution in [3.63, 3.8) is 0 Å². The number of ether oxygens (including phenoxy) is 3. The van der Waals surface area contributed by atoms with Gasteiger partial charge in [-0.15, -0.1) is 0 Å². The Balaban J connectivity index is 1.32. The fraction of sp³-hybridized carbons (Fsp3) is 0.390. The minimum Gasteiger partial charge on any atom is -0.457 e. The molecule has 11 nitrogen and oxygen atoms in total. The first-order valence-corrected chi connectivity index (χ1v) is 25.9. The number of aryl methyl sites for hydroxylation is 3. The highest BCUT2D eigenvalue weighted by molar-refractivity contribution is 6.76. The lowest BCUT2D eigenvalue weighted by Gasteiger charge is -2.29. The summed E-state index contributed by atoms with van der Waals surface area (Å²) in [7, 11) is -1.43. The third-order valence-electron chi connectivity index (χ3n) is 9.42. The number of nitrogens with one attached hydrogen (secondary N) is 1. The number of rotatable bonds is 15. The van der Waals surface area contributed by atoms with Crippen molar-refractivity contribution in [2.45, 2.75) is 79.2 Å². The molecular formula is C41H55N7O4Si2. The topological polar surface area (TPSA) is 98.9 Å². The van der Waals surface area contributed by atoms with E-state index in [1.165, 1.54) is 5.56 Å². The molecule has 0 fully saturated rings. The largest absolute Gasteiger partial charge is 0.457 e. The minimum absolute atomic E-state index is 0.228. The van der Waals surface area contributed by atoms with Gasteiger partial charge in [0.2, 0.25) is 0 Å². The highest BCUT2D eigenvalue weighted by atomic mass is 28.3. The Hall–Kier alpha value is -4.70. The van der Waals surface area contributed by atoms with Crippen molar-refractivity contribution in [1.29, 1.82) is 0 Å². The third-order valence-corrected chi connectivity index (χ3v) is 12.7. The summed E-state index contributed by atoms with van der Waals surface area (Å²) in [6.45, 7) is 22.8. The molecule has 0 aliphatic carbocycles. The normalized spacial score (nSPS) is 13.4. The molecule has 3 aromatic carbocycles. The number of carbonyl (C=O) groups excluding carboxylic acids is 1. The van der Waals surface area contributed by atoms with E-state index >= 15 is 0 Å². The zero-order valence-electron chi connectivity index (χ0n) is 33.5. The van der Waals surface area contributed by atoms with Crippen molar-refractivity contribution in [2.24, 2.45) is 7.05 Å². The molecule has 2 aromatic heterocycles. The average Bonchev–Trinajstić information content (AvgIpc) is 3.77. The summed E-state index contributed by atoms with van der Waals surface area (Å²) in [5.74, 6) is 1.06. The van der Waals surface area contributed by atoms with E-state index in [4.69, 9.17) is 19.3 Å². The first kappa shape index (κ1) is 39.0. The number of nitrogens with zero attached hydrogens (tertiary/aromatic N) is 6. The number of anilines is 2. The standard InChI is InChI=1S/C41H55N7O4Si2/c1-11-50-27-32-23-34(52-33-17-16-29(2)36(24-33)42-41(49)39-22-30(3)43-45(39)4)25-38-40(32)35(44-48(38)54(8,9)10)18-19-46-26-31-14-12-13-15-37(31)47(46)28-51-20-21-53(5,6)7/h12-19,22-25H,11,20-21,26-28H2,1-10H3,(H,42,49)/b19-18+. The fourth-order valence-corrected chi connectivity index (χ4v) is 8.61. The molecule has 0 atom stereocenters. The molecule has 0 bridgehead atoms. The van der Waals surface area contributed by atoms with Crippen LogP contribution in [0.1, 0.15) is 45.5 Å². The molecule has 0 spiro atoms. The maximum Gasteiger partial charge on any atom is 0.273 e. The van der Waals surface area contributed by atoms with Crippen molar-refractivity contribution in [3.8, 4) is 11.5 Å². The van der Waals surface area contributed by atoms with Gasteiger partial charge in [0.15, 0.2) is 8.24 Å². The van der Waals surface area contributed by atoms with Gasteiger partial charge in [0, 0.05) is 57.7 Å². The van der Waals surface area contributed by atoms with E-state index in [1.54, 1.807) is 17.8 Å². The van der Waals surface area contributed by atoms with Gasteiger partial charge in [-0.25, -0.2) is 0 Å². The van der Waals surface area contributed by atoms with Crippen LogP contribution in [0, 0.1) is 13.8 Å². The Morgan fingerprint density at radius 2 is 1.72 bits per heavy atom.